The molecule has 1 amide bonds. The van der Waals surface area contributed by atoms with Gasteiger partial charge in [0.1, 0.15) is 36.6 Å². The van der Waals surface area contributed by atoms with Crippen LogP contribution in [0.25, 0.3) is 0 Å². The number of ether oxygens (including phenoxy) is 2. The average Bonchev–Trinajstić information content (AvgIpc) is 3.66. The van der Waals surface area contributed by atoms with Crippen LogP contribution in [0.15, 0.2) is 12.2 Å². The lowest BCUT2D eigenvalue weighted by molar-refractivity contribution is -0.303. The number of carbonyl (C=O) groups is 1. The summed E-state index contributed by atoms with van der Waals surface area (Å²) < 4.78 is 11.2. The Morgan fingerprint density at radius 2 is 0.702 bits per heavy atom. The van der Waals surface area contributed by atoms with Crippen LogP contribution in [-0.2, 0) is 14.3 Å². The molecule has 9 unspecified atom stereocenters. The smallest absolute Gasteiger partial charge is 0.249 e. The maximum absolute atomic E-state index is 13.3. The lowest BCUT2D eigenvalue weighted by Crippen LogP contribution is -2.60. The molecule has 0 bridgehead atoms. The van der Waals surface area contributed by atoms with Crippen LogP contribution < -0.4 is 5.32 Å². The van der Waals surface area contributed by atoms with E-state index in [-0.39, 0.29) is 12.8 Å². The monoisotopic (exact) mass is 1190 g/mol. The van der Waals surface area contributed by atoms with Crippen LogP contribution in [-0.4, -0.2) is 110 Å². The molecule has 0 aromatic heterocycles. The van der Waals surface area contributed by atoms with Gasteiger partial charge in [-0.25, -0.2) is 0 Å². The number of nitrogens with one attached hydrogen (secondary N) is 1. The molecule has 8 N–H and O–H groups in total. The highest BCUT2D eigenvalue weighted by Crippen LogP contribution is 2.24. The van der Waals surface area contributed by atoms with Crippen LogP contribution in [0.1, 0.15) is 380 Å². The minimum absolute atomic E-state index is 0.260. The predicted molar refractivity (Wildman–Crippen MR) is 353 cm³/mol. The first-order chi connectivity index (χ1) is 41.2. The van der Waals surface area contributed by atoms with Crippen molar-refractivity contribution in [2.45, 2.75) is 435 Å². The molecule has 84 heavy (non-hydrogen) atoms. The zero-order valence-electron chi connectivity index (χ0n) is 55.4. The number of aliphatic hydroxyl groups is 7. The summed E-state index contributed by atoms with van der Waals surface area (Å²) in [5.74, 6) is -0.697. The van der Waals surface area contributed by atoms with Crippen molar-refractivity contribution in [1.82, 2.24) is 5.32 Å². The quantitative estimate of drug-likeness (QED) is 0.0215. The number of aliphatic hydroxyl groups excluding tert-OH is 7. The normalized spacial score (nSPS) is 18.9. The van der Waals surface area contributed by atoms with Gasteiger partial charge in [-0.2, -0.15) is 0 Å². The van der Waals surface area contributed by atoms with Gasteiger partial charge < -0.3 is 50.5 Å². The fourth-order valence-corrected chi connectivity index (χ4v) is 12.4. The molecular formula is C73H143NO10. The van der Waals surface area contributed by atoms with Crippen LogP contribution in [0.3, 0.4) is 0 Å². The standard InChI is InChI=1S/C73H143NO10/c1-3-5-7-9-11-13-15-17-19-21-23-25-27-28-29-30-31-32-33-34-35-36-37-39-41-43-45-47-49-51-53-55-57-59-61-66(77)72(82)74-64(63-83-73-71(81)70(80)69(79)67(62-75)84-73)68(78)65(76)60-58-56-54-52-50-48-46-44-42-40-38-26-24-22-20-18-16-14-12-10-8-6-4-2/h52,54,64-71,73,75-81H,3-51,53,55-63H2,1-2H3,(H,74,82)/b54-52+. The van der Waals surface area contributed by atoms with Gasteiger partial charge in [0.15, 0.2) is 6.29 Å². The molecular weight excluding hydrogens is 1050 g/mol. The third kappa shape index (κ3) is 48.7. The topological polar surface area (TPSA) is 189 Å². The second-order valence-corrected chi connectivity index (χ2v) is 26.4. The number of hydrogen-bond acceptors (Lipinski definition) is 10. The van der Waals surface area contributed by atoms with Gasteiger partial charge in [0.25, 0.3) is 0 Å². The summed E-state index contributed by atoms with van der Waals surface area (Å²) in [7, 11) is 0. The number of allylic oxidation sites excluding steroid dienone is 2. The van der Waals surface area contributed by atoms with Crippen molar-refractivity contribution < 1.29 is 50.0 Å². The molecule has 1 heterocycles. The van der Waals surface area contributed by atoms with E-state index in [1.165, 1.54) is 302 Å². The molecule has 9 atom stereocenters. The Morgan fingerprint density at radius 1 is 0.405 bits per heavy atom. The summed E-state index contributed by atoms with van der Waals surface area (Å²) in [4.78, 5) is 13.3. The fraction of sp³-hybridized carbons (Fsp3) is 0.959. The van der Waals surface area contributed by atoms with Gasteiger partial charge in [-0.05, 0) is 38.5 Å². The van der Waals surface area contributed by atoms with Crippen LogP contribution >= 0.6 is 0 Å². The molecule has 1 fully saturated rings. The van der Waals surface area contributed by atoms with Crippen LogP contribution in [0, 0.1) is 0 Å². The molecule has 11 nitrogen and oxygen atoms in total. The van der Waals surface area contributed by atoms with Crippen molar-refractivity contribution >= 4 is 5.91 Å². The Morgan fingerprint density at radius 3 is 1.02 bits per heavy atom. The Bertz CT molecular complexity index is 1370. The first-order valence-electron chi connectivity index (χ1n) is 37.1. The zero-order chi connectivity index (χ0) is 61.0. The summed E-state index contributed by atoms with van der Waals surface area (Å²) in [6.45, 7) is 3.51. The first-order valence-corrected chi connectivity index (χ1v) is 37.1. The van der Waals surface area contributed by atoms with Crippen molar-refractivity contribution in [2.24, 2.45) is 0 Å². The third-order valence-electron chi connectivity index (χ3n) is 18.3. The van der Waals surface area contributed by atoms with Crippen molar-refractivity contribution in [3.05, 3.63) is 12.2 Å². The van der Waals surface area contributed by atoms with E-state index in [0.29, 0.717) is 12.8 Å². The number of carbonyl (C=O) groups excluding carboxylic acids is 1. The van der Waals surface area contributed by atoms with E-state index in [0.717, 1.165) is 38.5 Å². The molecule has 1 saturated heterocycles. The van der Waals surface area contributed by atoms with Crippen molar-refractivity contribution in [2.75, 3.05) is 13.2 Å². The Hall–Kier alpha value is -1.15. The zero-order valence-corrected chi connectivity index (χ0v) is 55.4. The molecule has 1 rings (SSSR count). The van der Waals surface area contributed by atoms with Gasteiger partial charge in [-0.15, -0.1) is 0 Å². The number of hydrogen-bond donors (Lipinski definition) is 8. The minimum atomic E-state index is -1.67. The maximum atomic E-state index is 13.3. The van der Waals surface area contributed by atoms with E-state index in [9.17, 15) is 40.5 Å². The van der Waals surface area contributed by atoms with Crippen molar-refractivity contribution in [1.29, 1.82) is 0 Å². The Labute approximate surface area is 519 Å². The minimum Gasteiger partial charge on any atom is -0.394 e. The summed E-state index contributed by atoms with van der Waals surface area (Å²) >= 11 is 0. The summed E-state index contributed by atoms with van der Waals surface area (Å²) in [5, 5.41) is 76.5. The maximum Gasteiger partial charge on any atom is 0.249 e. The molecule has 0 aliphatic carbocycles. The molecule has 11 heteroatoms. The molecule has 0 aromatic carbocycles. The Kier molecular flexibility index (Phi) is 59.7. The van der Waals surface area contributed by atoms with Gasteiger partial charge in [0.05, 0.1) is 25.4 Å². The van der Waals surface area contributed by atoms with Crippen LogP contribution in [0.5, 0.6) is 0 Å². The van der Waals surface area contributed by atoms with Crippen molar-refractivity contribution in [3.63, 3.8) is 0 Å². The highest BCUT2D eigenvalue weighted by atomic mass is 16.7. The molecule has 0 spiro atoms. The molecule has 0 radical (unpaired) electrons. The number of rotatable bonds is 66. The molecule has 1 aliphatic rings. The van der Waals surface area contributed by atoms with Gasteiger partial charge in [0, 0.05) is 0 Å². The predicted octanol–water partition coefficient (Wildman–Crippen LogP) is 18.2. The third-order valence-corrected chi connectivity index (χ3v) is 18.3. The molecule has 500 valence electrons. The van der Waals surface area contributed by atoms with Gasteiger partial charge in [-0.3, -0.25) is 4.79 Å². The Balaban J connectivity index is 2.15. The van der Waals surface area contributed by atoms with Crippen LogP contribution in [0.4, 0.5) is 0 Å². The number of amides is 1. The van der Waals surface area contributed by atoms with E-state index < -0.39 is 74.2 Å². The van der Waals surface area contributed by atoms with E-state index in [2.05, 4.69) is 31.3 Å². The molecule has 0 saturated carbocycles. The van der Waals surface area contributed by atoms with E-state index in [1.807, 2.05) is 0 Å². The van der Waals surface area contributed by atoms with Gasteiger partial charge in [0.2, 0.25) is 5.91 Å². The van der Waals surface area contributed by atoms with E-state index in [4.69, 9.17) is 9.47 Å². The lowest BCUT2D eigenvalue weighted by atomic mass is 9.98. The first kappa shape index (κ1) is 80.9. The highest BCUT2D eigenvalue weighted by Gasteiger charge is 2.44. The molecule has 0 aromatic rings. The SMILES string of the molecule is CCCCCCCCCCCCCCCCCCCC/C=C/CCCC(O)C(O)C(COC1OC(CO)C(O)C(O)C1O)NC(=O)C(O)CCCCCCCCCCCCCCCCCCCCCCCCCCCCCCCCCCCC. The van der Waals surface area contributed by atoms with Crippen LogP contribution in [0.2, 0.25) is 0 Å². The van der Waals surface area contributed by atoms with E-state index >= 15 is 0 Å². The molecule has 1 aliphatic heterocycles. The highest BCUT2D eigenvalue weighted by molar-refractivity contribution is 5.80. The van der Waals surface area contributed by atoms with Gasteiger partial charge in [-0.1, -0.05) is 353 Å². The summed E-state index contributed by atoms with van der Waals surface area (Å²) in [5.41, 5.74) is 0. The largest absolute Gasteiger partial charge is 0.394 e. The lowest BCUT2D eigenvalue weighted by Gasteiger charge is -2.40. The summed E-state index contributed by atoms with van der Waals surface area (Å²) in [6.07, 6.45) is 66.1. The van der Waals surface area contributed by atoms with Crippen molar-refractivity contribution in [3.8, 4) is 0 Å². The summed E-state index contributed by atoms with van der Waals surface area (Å²) in [6, 6.07) is -1.18. The number of unbranched alkanes of at least 4 members (excludes halogenated alkanes) is 52. The fourth-order valence-electron chi connectivity index (χ4n) is 12.4. The van der Waals surface area contributed by atoms with E-state index in [1.54, 1.807) is 0 Å². The van der Waals surface area contributed by atoms with Gasteiger partial charge >= 0.3 is 0 Å². The second-order valence-electron chi connectivity index (χ2n) is 26.4. The average molecular weight is 1190 g/mol. The second kappa shape index (κ2) is 62.1.